The van der Waals surface area contributed by atoms with Gasteiger partial charge in [-0.15, -0.1) is 11.6 Å². The highest BCUT2D eigenvalue weighted by Crippen LogP contribution is 2.31. The number of alkyl halides is 1. The average Bonchev–Trinajstić information content (AvgIpc) is 2.89. The quantitative estimate of drug-likeness (QED) is 0.827. The van der Waals surface area contributed by atoms with Crippen LogP contribution in [0.15, 0.2) is 6.20 Å². The third kappa shape index (κ3) is 2.21. The van der Waals surface area contributed by atoms with Crippen molar-refractivity contribution in [2.75, 3.05) is 11.2 Å². The molecule has 1 fully saturated rings. The summed E-state index contributed by atoms with van der Waals surface area (Å²) in [7, 11) is 0. The molecule has 88 valence electrons. The highest BCUT2D eigenvalue weighted by Gasteiger charge is 2.20. The van der Waals surface area contributed by atoms with Crippen molar-refractivity contribution in [3.05, 3.63) is 11.9 Å². The van der Waals surface area contributed by atoms with E-state index in [2.05, 4.69) is 10.4 Å². The van der Waals surface area contributed by atoms with Gasteiger partial charge in [-0.2, -0.15) is 5.10 Å². The Bertz CT molecular complexity index is 383. The van der Waals surface area contributed by atoms with Crippen LogP contribution < -0.4 is 5.32 Å². The van der Waals surface area contributed by atoms with Crippen LogP contribution in [-0.4, -0.2) is 21.6 Å². The molecule has 0 saturated heterocycles. The Morgan fingerprint density at radius 1 is 1.62 bits per heavy atom. The molecule has 1 aliphatic carbocycles. The minimum atomic E-state index is -0.185. The van der Waals surface area contributed by atoms with E-state index in [-0.39, 0.29) is 11.8 Å². The molecular formula is C11H16ClN3O. The molecule has 4 nitrogen and oxygen atoms in total. The van der Waals surface area contributed by atoms with Crippen molar-refractivity contribution in [1.29, 1.82) is 0 Å². The number of amides is 1. The fourth-order valence-electron chi connectivity index (χ4n) is 2.25. The predicted octanol–water partition coefficient (Wildman–Crippen LogP) is 2.48. The summed E-state index contributed by atoms with van der Waals surface area (Å²) in [6.07, 6.45) is 6.62. The molecule has 2 rings (SSSR count). The monoisotopic (exact) mass is 241 g/mol. The fraction of sp³-hybridized carbons (Fsp3) is 0.636. The van der Waals surface area contributed by atoms with Gasteiger partial charge in [0.15, 0.2) is 0 Å². The van der Waals surface area contributed by atoms with Crippen LogP contribution in [0, 0.1) is 6.92 Å². The summed E-state index contributed by atoms with van der Waals surface area (Å²) < 4.78 is 2.02. The van der Waals surface area contributed by atoms with Gasteiger partial charge < -0.3 is 5.32 Å². The number of hydrogen-bond donors (Lipinski definition) is 1. The van der Waals surface area contributed by atoms with Gasteiger partial charge in [-0.25, -0.2) is 0 Å². The molecule has 1 aromatic rings. The molecule has 1 aliphatic rings. The number of aromatic nitrogens is 2. The normalized spacial score (nSPS) is 16.6. The maximum Gasteiger partial charge on any atom is 0.239 e. The molecule has 5 heteroatoms. The van der Waals surface area contributed by atoms with E-state index in [1.54, 1.807) is 6.20 Å². The Hall–Kier alpha value is -1.03. The second-order valence-electron chi connectivity index (χ2n) is 4.21. The zero-order valence-corrected chi connectivity index (χ0v) is 10.1. The summed E-state index contributed by atoms with van der Waals surface area (Å²) in [5, 5.41) is 7.09. The zero-order chi connectivity index (χ0) is 11.5. The Balaban J connectivity index is 2.13. The van der Waals surface area contributed by atoms with Gasteiger partial charge in [-0.05, 0) is 19.8 Å². The Kier molecular flexibility index (Phi) is 3.49. The second kappa shape index (κ2) is 4.87. The van der Waals surface area contributed by atoms with Crippen LogP contribution in [0.4, 0.5) is 5.69 Å². The lowest BCUT2D eigenvalue weighted by Gasteiger charge is -2.12. The summed E-state index contributed by atoms with van der Waals surface area (Å²) in [5.41, 5.74) is 1.79. The van der Waals surface area contributed by atoms with Gasteiger partial charge in [-0.1, -0.05) is 12.8 Å². The molecule has 0 bridgehead atoms. The molecule has 0 atom stereocenters. The molecule has 1 aromatic heterocycles. The first-order chi connectivity index (χ1) is 7.72. The molecule has 1 saturated carbocycles. The maximum absolute atomic E-state index is 11.2. The van der Waals surface area contributed by atoms with Gasteiger partial charge in [0.2, 0.25) is 5.91 Å². The number of carbonyl (C=O) groups excluding carboxylic acids is 1. The molecule has 16 heavy (non-hydrogen) atoms. The lowest BCUT2D eigenvalue weighted by Crippen LogP contribution is -2.14. The van der Waals surface area contributed by atoms with Crippen LogP contribution in [0.3, 0.4) is 0 Å². The van der Waals surface area contributed by atoms with Crippen molar-refractivity contribution in [2.24, 2.45) is 0 Å². The highest BCUT2D eigenvalue weighted by molar-refractivity contribution is 6.29. The molecule has 0 radical (unpaired) electrons. The summed E-state index contributed by atoms with van der Waals surface area (Å²) in [6, 6.07) is 0.502. The maximum atomic E-state index is 11.2. The summed E-state index contributed by atoms with van der Waals surface area (Å²) >= 11 is 5.45. The van der Waals surface area contributed by atoms with Gasteiger partial charge in [0.25, 0.3) is 0 Å². The first kappa shape index (κ1) is 11.5. The average molecular weight is 242 g/mol. The molecule has 0 aliphatic heterocycles. The van der Waals surface area contributed by atoms with E-state index >= 15 is 0 Å². The SMILES string of the molecule is Cc1c(NC(=O)CCl)cnn1C1CCCC1. The standard InChI is InChI=1S/C11H16ClN3O/c1-8-10(14-11(16)6-12)7-13-15(8)9-4-2-3-5-9/h7,9H,2-6H2,1H3,(H,14,16). The van der Waals surface area contributed by atoms with Crippen LogP contribution >= 0.6 is 11.6 Å². The van der Waals surface area contributed by atoms with Crippen molar-refractivity contribution in [2.45, 2.75) is 38.6 Å². The van der Waals surface area contributed by atoms with Crippen LogP contribution in [-0.2, 0) is 4.79 Å². The first-order valence-electron chi connectivity index (χ1n) is 5.62. The second-order valence-corrected chi connectivity index (χ2v) is 4.48. The number of halogens is 1. The molecular weight excluding hydrogens is 226 g/mol. The van der Waals surface area contributed by atoms with E-state index in [0.29, 0.717) is 6.04 Å². The first-order valence-corrected chi connectivity index (χ1v) is 6.15. The number of rotatable bonds is 3. The summed E-state index contributed by atoms with van der Waals surface area (Å²) in [5.74, 6) is -0.204. The smallest absolute Gasteiger partial charge is 0.239 e. The third-order valence-electron chi connectivity index (χ3n) is 3.11. The van der Waals surface area contributed by atoms with Gasteiger partial charge in [0.1, 0.15) is 5.88 Å². The summed E-state index contributed by atoms with van der Waals surface area (Å²) in [4.78, 5) is 11.2. The Morgan fingerprint density at radius 2 is 2.31 bits per heavy atom. The van der Waals surface area contributed by atoms with Gasteiger partial charge in [0, 0.05) is 0 Å². The van der Waals surface area contributed by atoms with E-state index < -0.39 is 0 Å². The van der Waals surface area contributed by atoms with Crippen LogP contribution in [0.1, 0.15) is 37.4 Å². The van der Waals surface area contributed by atoms with Crippen molar-refractivity contribution in [1.82, 2.24) is 9.78 Å². The van der Waals surface area contributed by atoms with Gasteiger partial charge in [-0.3, -0.25) is 9.48 Å². The van der Waals surface area contributed by atoms with Gasteiger partial charge in [0.05, 0.1) is 23.6 Å². The van der Waals surface area contributed by atoms with Crippen molar-refractivity contribution in [3.8, 4) is 0 Å². The molecule has 1 amide bonds. The fourth-order valence-corrected chi connectivity index (χ4v) is 2.31. The van der Waals surface area contributed by atoms with Crippen molar-refractivity contribution >= 4 is 23.2 Å². The predicted molar refractivity (Wildman–Crippen MR) is 63.8 cm³/mol. The minimum absolute atomic E-state index is 0.0198. The number of anilines is 1. The van der Waals surface area contributed by atoms with E-state index in [1.807, 2.05) is 11.6 Å². The minimum Gasteiger partial charge on any atom is -0.322 e. The molecule has 0 aromatic carbocycles. The van der Waals surface area contributed by atoms with Crippen LogP contribution in [0.5, 0.6) is 0 Å². The van der Waals surface area contributed by atoms with E-state index in [4.69, 9.17) is 11.6 Å². The Labute approximate surface area is 100.0 Å². The zero-order valence-electron chi connectivity index (χ0n) is 9.37. The van der Waals surface area contributed by atoms with Crippen LogP contribution in [0.2, 0.25) is 0 Å². The molecule has 1 N–H and O–H groups in total. The van der Waals surface area contributed by atoms with Crippen molar-refractivity contribution < 1.29 is 4.79 Å². The molecule has 0 spiro atoms. The largest absolute Gasteiger partial charge is 0.322 e. The number of carbonyl (C=O) groups is 1. The van der Waals surface area contributed by atoms with E-state index in [9.17, 15) is 4.79 Å². The molecule has 1 heterocycles. The van der Waals surface area contributed by atoms with Crippen molar-refractivity contribution in [3.63, 3.8) is 0 Å². The molecule has 0 unspecified atom stereocenters. The lowest BCUT2D eigenvalue weighted by atomic mass is 10.2. The highest BCUT2D eigenvalue weighted by atomic mass is 35.5. The summed E-state index contributed by atoms with van der Waals surface area (Å²) in [6.45, 7) is 1.98. The third-order valence-corrected chi connectivity index (χ3v) is 3.35. The van der Waals surface area contributed by atoms with Crippen LogP contribution in [0.25, 0.3) is 0 Å². The van der Waals surface area contributed by atoms with E-state index in [1.165, 1.54) is 25.7 Å². The topological polar surface area (TPSA) is 46.9 Å². The van der Waals surface area contributed by atoms with E-state index in [0.717, 1.165) is 11.4 Å². The Morgan fingerprint density at radius 3 is 2.94 bits per heavy atom. The number of nitrogens with one attached hydrogen (secondary N) is 1. The lowest BCUT2D eigenvalue weighted by molar-refractivity contribution is -0.113. The number of nitrogens with zero attached hydrogens (tertiary/aromatic N) is 2. The number of hydrogen-bond acceptors (Lipinski definition) is 2. The van der Waals surface area contributed by atoms with Gasteiger partial charge >= 0.3 is 0 Å².